The molecule has 0 fully saturated rings. The number of aromatic nitrogens is 4. The summed E-state index contributed by atoms with van der Waals surface area (Å²) in [5.41, 5.74) is 21.5. The number of benzene rings is 12. The molecule has 0 spiro atoms. The van der Waals surface area contributed by atoms with Crippen LogP contribution < -0.4 is 0 Å². The van der Waals surface area contributed by atoms with E-state index in [9.17, 15) is 0 Å². The van der Waals surface area contributed by atoms with Crippen LogP contribution in [0.15, 0.2) is 288 Å². The summed E-state index contributed by atoms with van der Waals surface area (Å²) in [5, 5.41) is 9.04. The van der Waals surface area contributed by atoms with Crippen LogP contribution in [0.1, 0.15) is 0 Å². The molecule has 12 aromatic carbocycles. The number of fused-ring (bicyclic) bond motifs is 12. The highest BCUT2D eigenvalue weighted by atomic mass is 16.3. The minimum Gasteiger partial charge on any atom is -0.456 e. The van der Waals surface area contributed by atoms with Gasteiger partial charge in [-0.1, -0.05) is 194 Å². The Kier molecular flexibility index (Phi) is 10.2. The van der Waals surface area contributed by atoms with Gasteiger partial charge in [0, 0.05) is 59.9 Å². The Morgan fingerprint density at radius 2 is 0.610 bits per heavy atom. The van der Waals surface area contributed by atoms with Gasteiger partial charge < -0.3 is 13.4 Å². The van der Waals surface area contributed by atoms with Crippen molar-refractivity contribution >= 4 is 87.5 Å². The SMILES string of the molecule is c1ccc(-c2ccc(-c3cccc(-c4cc(-c5cccc(-n6c7ccccc7c7ccc(-c8ccc9oc%10ccccc%10c9c8)cc76)c5)nc(-n5c6ccccc6c6ccc(-c7ccc8oc9ccccc9c8c7)cc65)n4)c3)cc2)cc1. The van der Waals surface area contributed by atoms with Crippen molar-refractivity contribution in [3.8, 4) is 78.7 Å². The van der Waals surface area contributed by atoms with E-state index in [0.717, 1.165) is 138 Å². The largest absolute Gasteiger partial charge is 0.456 e. The maximum absolute atomic E-state index is 6.26. The van der Waals surface area contributed by atoms with Gasteiger partial charge in [0.2, 0.25) is 5.95 Å². The highest BCUT2D eigenvalue weighted by Crippen LogP contribution is 2.41. The van der Waals surface area contributed by atoms with Crippen molar-refractivity contribution in [2.24, 2.45) is 0 Å². The molecule has 0 amide bonds. The lowest BCUT2D eigenvalue weighted by atomic mass is 9.98. The van der Waals surface area contributed by atoms with E-state index in [1.165, 1.54) is 21.9 Å². The first-order chi connectivity index (χ1) is 40.6. The van der Waals surface area contributed by atoms with Gasteiger partial charge in [0.15, 0.2) is 0 Å². The molecule has 0 saturated heterocycles. The Labute approximate surface area is 470 Å². The van der Waals surface area contributed by atoms with Crippen LogP contribution in [0.4, 0.5) is 0 Å². The van der Waals surface area contributed by atoms with Crippen LogP contribution in [0, 0.1) is 0 Å². The molecule has 0 aliphatic rings. The molecule has 17 rings (SSSR count). The monoisotopic (exact) mass is 1050 g/mol. The van der Waals surface area contributed by atoms with Crippen molar-refractivity contribution in [2.75, 3.05) is 0 Å². The van der Waals surface area contributed by atoms with Gasteiger partial charge >= 0.3 is 0 Å². The summed E-state index contributed by atoms with van der Waals surface area (Å²) < 4.78 is 17.2. The average molecular weight is 1050 g/mol. The summed E-state index contributed by atoms with van der Waals surface area (Å²) in [6.45, 7) is 0. The summed E-state index contributed by atoms with van der Waals surface area (Å²) in [4.78, 5) is 11.2. The van der Waals surface area contributed by atoms with E-state index in [1.807, 2.05) is 24.3 Å². The second-order valence-electron chi connectivity index (χ2n) is 21.3. The molecule has 382 valence electrons. The van der Waals surface area contributed by atoms with E-state index in [4.69, 9.17) is 18.8 Å². The topological polar surface area (TPSA) is 61.9 Å². The Balaban J connectivity index is 0.845. The highest BCUT2D eigenvalue weighted by molar-refractivity contribution is 6.13. The van der Waals surface area contributed by atoms with Crippen LogP contribution in [0.2, 0.25) is 0 Å². The fraction of sp³-hybridized carbons (Fsp3) is 0. The average Bonchev–Trinajstić information content (AvgIpc) is 3.22. The Bertz CT molecular complexity index is 5410. The van der Waals surface area contributed by atoms with Gasteiger partial charge in [-0.05, 0) is 129 Å². The van der Waals surface area contributed by atoms with Crippen molar-refractivity contribution in [3.63, 3.8) is 0 Å². The maximum atomic E-state index is 6.26. The van der Waals surface area contributed by atoms with Crippen LogP contribution >= 0.6 is 0 Å². The lowest BCUT2D eigenvalue weighted by Crippen LogP contribution is -2.04. The highest BCUT2D eigenvalue weighted by Gasteiger charge is 2.21. The summed E-state index contributed by atoms with van der Waals surface area (Å²) >= 11 is 0. The Morgan fingerprint density at radius 3 is 1.22 bits per heavy atom. The molecule has 6 heteroatoms. The van der Waals surface area contributed by atoms with E-state index in [1.54, 1.807) is 0 Å². The van der Waals surface area contributed by atoms with Crippen molar-refractivity contribution in [2.45, 2.75) is 0 Å². The van der Waals surface area contributed by atoms with Crippen LogP contribution in [0.25, 0.3) is 166 Å². The van der Waals surface area contributed by atoms with E-state index < -0.39 is 0 Å². The van der Waals surface area contributed by atoms with E-state index in [0.29, 0.717) is 5.95 Å². The van der Waals surface area contributed by atoms with Gasteiger partial charge in [-0.15, -0.1) is 0 Å². The van der Waals surface area contributed by atoms with Crippen molar-refractivity contribution < 1.29 is 8.83 Å². The molecule has 17 aromatic rings. The number of hydrogen-bond donors (Lipinski definition) is 0. The summed E-state index contributed by atoms with van der Waals surface area (Å²) in [6.07, 6.45) is 0. The molecule has 0 radical (unpaired) electrons. The van der Waals surface area contributed by atoms with Gasteiger partial charge in [-0.25, -0.2) is 9.97 Å². The Morgan fingerprint density at radius 1 is 0.220 bits per heavy atom. The van der Waals surface area contributed by atoms with Gasteiger partial charge in [0.25, 0.3) is 0 Å². The van der Waals surface area contributed by atoms with Crippen LogP contribution in [-0.2, 0) is 0 Å². The smallest absolute Gasteiger partial charge is 0.235 e. The number of hydrogen-bond acceptors (Lipinski definition) is 4. The lowest BCUT2D eigenvalue weighted by molar-refractivity contribution is 0.668. The predicted octanol–water partition coefficient (Wildman–Crippen LogP) is 20.5. The van der Waals surface area contributed by atoms with E-state index >= 15 is 0 Å². The van der Waals surface area contributed by atoms with E-state index in [-0.39, 0.29) is 0 Å². The fourth-order valence-electron chi connectivity index (χ4n) is 12.6. The van der Waals surface area contributed by atoms with Gasteiger partial charge in [0.1, 0.15) is 22.3 Å². The zero-order chi connectivity index (χ0) is 53.8. The second kappa shape index (κ2) is 18.2. The first-order valence-corrected chi connectivity index (χ1v) is 27.8. The zero-order valence-electron chi connectivity index (χ0n) is 44.2. The molecular formula is C76H46N4O2. The van der Waals surface area contributed by atoms with Crippen molar-refractivity contribution in [3.05, 3.63) is 279 Å². The molecule has 0 atom stereocenters. The van der Waals surface area contributed by atoms with Crippen LogP contribution in [0.3, 0.4) is 0 Å². The molecule has 0 saturated carbocycles. The molecule has 0 aliphatic heterocycles. The van der Waals surface area contributed by atoms with Gasteiger partial charge in [0.05, 0.1) is 33.5 Å². The summed E-state index contributed by atoms with van der Waals surface area (Å²) in [7, 11) is 0. The lowest BCUT2D eigenvalue weighted by Gasteiger charge is -2.14. The maximum Gasteiger partial charge on any atom is 0.235 e. The van der Waals surface area contributed by atoms with Crippen molar-refractivity contribution in [1.29, 1.82) is 0 Å². The zero-order valence-corrected chi connectivity index (χ0v) is 44.2. The van der Waals surface area contributed by atoms with Crippen LogP contribution in [-0.4, -0.2) is 19.1 Å². The third-order valence-electron chi connectivity index (χ3n) is 16.6. The molecule has 6 nitrogen and oxygen atoms in total. The second-order valence-corrected chi connectivity index (χ2v) is 21.3. The quantitative estimate of drug-likeness (QED) is 0.152. The van der Waals surface area contributed by atoms with Gasteiger partial charge in [-0.2, -0.15) is 0 Å². The molecular weight excluding hydrogens is 1000 g/mol. The summed E-state index contributed by atoms with van der Waals surface area (Å²) in [6, 6.07) is 99.5. The molecule has 0 bridgehead atoms. The normalized spacial score (nSPS) is 11.9. The molecule has 0 aliphatic carbocycles. The molecule has 0 N–H and O–H groups in total. The number of nitrogens with zero attached hydrogens (tertiary/aromatic N) is 4. The third kappa shape index (κ3) is 7.43. The van der Waals surface area contributed by atoms with Crippen LogP contribution in [0.5, 0.6) is 0 Å². The third-order valence-corrected chi connectivity index (χ3v) is 16.6. The molecule has 5 heterocycles. The predicted molar refractivity (Wildman–Crippen MR) is 338 cm³/mol. The van der Waals surface area contributed by atoms with Crippen molar-refractivity contribution in [1.82, 2.24) is 19.1 Å². The molecule has 5 aromatic heterocycles. The fourth-order valence-corrected chi connectivity index (χ4v) is 12.6. The minimum atomic E-state index is 0.582. The Hall–Kier alpha value is -11.1. The molecule has 0 unspecified atom stereocenters. The molecule has 82 heavy (non-hydrogen) atoms. The first-order valence-electron chi connectivity index (χ1n) is 27.8. The summed E-state index contributed by atoms with van der Waals surface area (Å²) in [5.74, 6) is 0.582. The van der Waals surface area contributed by atoms with E-state index in [2.05, 4.69) is 264 Å². The minimum absolute atomic E-state index is 0.582. The standard InChI is InChI=1S/C76H46N4O2/c1-2-14-47(15-3-1)48-28-30-49(31-29-48)50-16-12-17-55(40-50)66-46-67(78-76(77-66)80-69-25-9-5-21-59(69)61-37-33-54(45-71(61)80)52-35-39-75-65(43-52)63-23-7-11-27-73(63)82-75)56-18-13-19-57(41-56)79-68-24-8-4-20-58(68)60-36-32-53(44-70(60)79)51-34-38-74-64(42-51)62-22-6-10-26-72(62)81-74/h1-46H. The first kappa shape index (κ1) is 45.9. The number of rotatable bonds is 8. The number of para-hydroxylation sites is 4. The number of furan rings is 2. The van der Waals surface area contributed by atoms with Gasteiger partial charge in [-0.3, -0.25) is 4.57 Å².